The van der Waals surface area contributed by atoms with Crippen molar-refractivity contribution in [3.05, 3.63) is 23.8 Å². The molecule has 0 aromatic heterocycles. The molecule has 1 aromatic carbocycles. The largest absolute Gasteiger partial charge is 0.490 e. The monoisotopic (exact) mass is 304 g/mol. The van der Waals surface area contributed by atoms with E-state index in [0.717, 1.165) is 43.1 Å². The van der Waals surface area contributed by atoms with Crippen molar-refractivity contribution >= 4 is 11.6 Å². The van der Waals surface area contributed by atoms with Crippen molar-refractivity contribution in [3.63, 3.8) is 0 Å². The fourth-order valence-electron chi connectivity index (χ4n) is 2.56. The minimum atomic E-state index is 0.00407. The Bertz CT molecular complexity index is 523. The van der Waals surface area contributed by atoms with Crippen LogP contribution < -0.4 is 15.4 Å². The topological polar surface area (TPSA) is 59.6 Å². The third-order valence-electron chi connectivity index (χ3n) is 4.05. The molecule has 1 heterocycles. The van der Waals surface area contributed by atoms with Crippen molar-refractivity contribution in [1.29, 1.82) is 0 Å². The summed E-state index contributed by atoms with van der Waals surface area (Å²) in [5, 5.41) is 6.13. The Hall–Kier alpha value is -1.59. The highest BCUT2D eigenvalue weighted by molar-refractivity contribution is 5.92. The number of ether oxygens (including phenoxy) is 2. The maximum Gasteiger partial charge on any atom is 0.238 e. The molecule has 0 atom stereocenters. The molecule has 1 aromatic rings. The molecule has 2 aliphatic rings. The standard InChI is InChI=1S/C17H24N2O3/c1-12-10-14(19-17(20)11-18-13-2-3-13)4-5-16(12)22-15-6-8-21-9-7-15/h4-5,10,13,15,18H,2-3,6-9,11H2,1H3,(H,19,20). The molecular weight excluding hydrogens is 280 g/mol. The first-order chi connectivity index (χ1) is 10.7. The van der Waals surface area contributed by atoms with Gasteiger partial charge in [-0.2, -0.15) is 0 Å². The van der Waals surface area contributed by atoms with Gasteiger partial charge in [-0.05, 0) is 43.5 Å². The van der Waals surface area contributed by atoms with Crippen molar-refractivity contribution < 1.29 is 14.3 Å². The molecule has 1 saturated heterocycles. The molecule has 1 aliphatic carbocycles. The fraction of sp³-hybridized carbons (Fsp3) is 0.588. The summed E-state index contributed by atoms with van der Waals surface area (Å²) in [6.07, 6.45) is 4.47. The zero-order valence-electron chi connectivity index (χ0n) is 13.1. The Kier molecular flexibility index (Phi) is 4.95. The fourth-order valence-corrected chi connectivity index (χ4v) is 2.56. The summed E-state index contributed by atoms with van der Waals surface area (Å²) in [6.45, 7) is 3.93. The van der Waals surface area contributed by atoms with Gasteiger partial charge in [0.15, 0.2) is 0 Å². The molecule has 0 radical (unpaired) electrons. The van der Waals surface area contributed by atoms with Gasteiger partial charge in [0, 0.05) is 24.6 Å². The van der Waals surface area contributed by atoms with Gasteiger partial charge in [0.25, 0.3) is 0 Å². The van der Waals surface area contributed by atoms with Crippen molar-refractivity contribution in [2.75, 3.05) is 25.1 Å². The number of nitrogens with one attached hydrogen (secondary N) is 2. The molecule has 0 unspecified atom stereocenters. The first-order valence-corrected chi connectivity index (χ1v) is 8.09. The molecule has 5 heteroatoms. The van der Waals surface area contributed by atoms with E-state index in [9.17, 15) is 4.79 Å². The number of amides is 1. The Balaban J connectivity index is 1.52. The molecule has 0 spiro atoms. The number of hydrogen-bond donors (Lipinski definition) is 2. The molecule has 2 N–H and O–H groups in total. The molecule has 1 amide bonds. The van der Waals surface area contributed by atoms with Gasteiger partial charge in [0.1, 0.15) is 11.9 Å². The maximum absolute atomic E-state index is 11.8. The minimum Gasteiger partial charge on any atom is -0.490 e. The molecule has 5 nitrogen and oxygen atoms in total. The molecule has 1 saturated carbocycles. The number of benzene rings is 1. The molecule has 2 fully saturated rings. The van der Waals surface area contributed by atoms with E-state index in [0.29, 0.717) is 12.6 Å². The number of hydrogen-bond acceptors (Lipinski definition) is 4. The number of aryl methyl sites for hydroxylation is 1. The summed E-state index contributed by atoms with van der Waals surface area (Å²) in [4.78, 5) is 11.8. The molecule has 0 bridgehead atoms. The lowest BCUT2D eigenvalue weighted by atomic mass is 10.1. The van der Waals surface area contributed by atoms with E-state index < -0.39 is 0 Å². The Morgan fingerprint density at radius 3 is 2.73 bits per heavy atom. The van der Waals surface area contributed by atoms with Crippen LogP contribution in [0.1, 0.15) is 31.2 Å². The Morgan fingerprint density at radius 1 is 1.27 bits per heavy atom. The summed E-state index contributed by atoms with van der Waals surface area (Å²) < 4.78 is 11.4. The van der Waals surface area contributed by atoms with E-state index >= 15 is 0 Å². The molecule has 3 rings (SSSR count). The van der Waals surface area contributed by atoms with Gasteiger partial charge in [-0.3, -0.25) is 4.79 Å². The van der Waals surface area contributed by atoms with Crippen molar-refractivity contribution in [3.8, 4) is 5.75 Å². The third kappa shape index (κ3) is 4.45. The first-order valence-electron chi connectivity index (χ1n) is 8.09. The summed E-state index contributed by atoms with van der Waals surface area (Å²) in [5.74, 6) is 0.894. The lowest BCUT2D eigenvalue weighted by Crippen LogP contribution is -2.29. The van der Waals surface area contributed by atoms with Gasteiger partial charge in [0.05, 0.1) is 19.8 Å². The second-order valence-electron chi connectivity index (χ2n) is 6.11. The van der Waals surface area contributed by atoms with E-state index in [-0.39, 0.29) is 12.0 Å². The predicted molar refractivity (Wildman–Crippen MR) is 85.3 cm³/mol. The van der Waals surface area contributed by atoms with Gasteiger partial charge in [0.2, 0.25) is 5.91 Å². The van der Waals surface area contributed by atoms with E-state index in [4.69, 9.17) is 9.47 Å². The second kappa shape index (κ2) is 7.11. The van der Waals surface area contributed by atoms with Crippen molar-refractivity contribution in [1.82, 2.24) is 5.32 Å². The zero-order valence-corrected chi connectivity index (χ0v) is 13.1. The first kappa shape index (κ1) is 15.3. The SMILES string of the molecule is Cc1cc(NC(=O)CNC2CC2)ccc1OC1CCOCC1. The Labute approximate surface area is 131 Å². The van der Waals surface area contributed by atoms with E-state index in [2.05, 4.69) is 10.6 Å². The quantitative estimate of drug-likeness (QED) is 0.846. The lowest BCUT2D eigenvalue weighted by molar-refractivity contribution is -0.115. The van der Waals surface area contributed by atoms with Crippen LogP contribution in [0.4, 0.5) is 5.69 Å². The summed E-state index contributed by atoms with van der Waals surface area (Å²) in [5.41, 5.74) is 1.86. The van der Waals surface area contributed by atoms with Crippen LogP contribution in [-0.4, -0.2) is 37.8 Å². The highest BCUT2D eigenvalue weighted by Gasteiger charge is 2.21. The summed E-state index contributed by atoms with van der Waals surface area (Å²) >= 11 is 0. The highest BCUT2D eigenvalue weighted by atomic mass is 16.5. The number of anilines is 1. The summed E-state index contributed by atoms with van der Waals surface area (Å²) in [6, 6.07) is 6.34. The lowest BCUT2D eigenvalue weighted by Gasteiger charge is -2.24. The third-order valence-corrected chi connectivity index (χ3v) is 4.05. The van der Waals surface area contributed by atoms with Crippen LogP contribution in [0.25, 0.3) is 0 Å². The average molecular weight is 304 g/mol. The normalized spacial score (nSPS) is 19.0. The van der Waals surface area contributed by atoms with Crippen LogP contribution in [-0.2, 0) is 9.53 Å². The van der Waals surface area contributed by atoms with Gasteiger partial charge in [-0.25, -0.2) is 0 Å². The number of carbonyl (C=O) groups excluding carboxylic acids is 1. The van der Waals surface area contributed by atoms with Crippen LogP contribution in [0.15, 0.2) is 18.2 Å². The van der Waals surface area contributed by atoms with E-state index in [1.807, 2.05) is 25.1 Å². The highest BCUT2D eigenvalue weighted by Crippen LogP contribution is 2.25. The van der Waals surface area contributed by atoms with Gasteiger partial charge < -0.3 is 20.1 Å². The maximum atomic E-state index is 11.8. The van der Waals surface area contributed by atoms with Gasteiger partial charge >= 0.3 is 0 Å². The molecule has 120 valence electrons. The second-order valence-corrected chi connectivity index (χ2v) is 6.11. The van der Waals surface area contributed by atoms with Crippen LogP contribution >= 0.6 is 0 Å². The number of carbonyl (C=O) groups is 1. The van der Waals surface area contributed by atoms with Crippen LogP contribution in [0.5, 0.6) is 5.75 Å². The van der Waals surface area contributed by atoms with Gasteiger partial charge in [-0.1, -0.05) is 0 Å². The Morgan fingerprint density at radius 2 is 2.05 bits per heavy atom. The van der Waals surface area contributed by atoms with E-state index in [1.54, 1.807) is 0 Å². The van der Waals surface area contributed by atoms with Crippen LogP contribution in [0.3, 0.4) is 0 Å². The zero-order chi connectivity index (χ0) is 15.4. The van der Waals surface area contributed by atoms with Crippen molar-refractivity contribution in [2.45, 2.75) is 44.8 Å². The average Bonchev–Trinajstić information content (AvgIpc) is 3.33. The number of rotatable bonds is 6. The molecular formula is C17H24N2O3. The molecule has 22 heavy (non-hydrogen) atoms. The van der Waals surface area contributed by atoms with E-state index in [1.165, 1.54) is 12.8 Å². The molecule has 1 aliphatic heterocycles. The van der Waals surface area contributed by atoms with Crippen LogP contribution in [0, 0.1) is 6.92 Å². The van der Waals surface area contributed by atoms with Gasteiger partial charge in [-0.15, -0.1) is 0 Å². The summed E-state index contributed by atoms with van der Waals surface area (Å²) in [7, 11) is 0. The van der Waals surface area contributed by atoms with Crippen LogP contribution in [0.2, 0.25) is 0 Å². The smallest absolute Gasteiger partial charge is 0.238 e. The minimum absolute atomic E-state index is 0.00407. The predicted octanol–water partition coefficient (Wildman–Crippen LogP) is 2.24. The van der Waals surface area contributed by atoms with Crippen molar-refractivity contribution in [2.24, 2.45) is 0 Å².